The van der Waals surface area contributed by atoms with E-state index >= 15 is 0 Å². The number of hydrogen-bond donors (Lipinski definition) is 2. The number of nitrogens with one attached hydrogen (secondary N) is 2. The summed E-state index contributed by atoms with van der Waals surface area (Å²) in [7, 11) is 10.9. The normalized spacial score (nSPS) is 12.4. The number of ether oxygens (including phenoxy) is 3. The van der Waals surface area contributed by atoms with E-state index in [1.54, 1.807) is 28.4 Å². The summed E-state index contributed by atoms with van der Waals surface area (Å²) in [4.78, 5) is 6.51. The van der Waals surface area contributed by atoms with Crippen LogP contribution in [0.15, 0.2) is 47.5 Å². The molecule has 2 N–H and O–H groups in total. The summed E-state index contributed by atoms with van der Waals surface area (Å²) < 4.78 is 16.0. The van der Waals surface area contributed by atoms with E-state index in [9.17, 15) is 0 Å². The first-order valence-corrected chi connectivity index (χ1v) is 9.98. The number of rotatable bonds is 10. The van der Waals surface area contributed by atoms with Crippen LogP contribution in [-0.2, 0) is 6.42 Å². The molecular formula is C23H34N4O3. The lowest BCUT2D eigenvalue weighted by atomic mass is 10.1. The molecule has 7 heteroatoms. The summed E-state index contributed by atoms with van der Waals surface area (Å²) in [5.74, 6) is 3.09. The van der Waals surface area contributed by atoms with Crippen molar-refractivity contribution in [3.8, 4) is 17.2 Å². The third kappa shape index (κ3) is 6.56. The zero-order chi connectivity index (χ0) is 21.9. The Morgan fingerprint density at radius 1 is 0.933 bits per heavy atom. The van der Waals surface area contributed by atoms with Crippen molar-refractivity contribution >= 4 is 5.96 Å². The first kappa shape index (κ1) is 23.3. The van der Waals surface area contributed by atoms with Gasteiger partial charge < -0.3 is 29.7 Å². The monoisotopic (exact) mass is 414 g/mol. The molecule has 0 aliphatic carbocycles. The number of benzene rings is 2. The second kappa shape index (κ2) is 11.9. The highest BCUT2D eigenvalue weighted by molar-refractivity contribution is 5.79. The van der Waals surface area contributed by atoms with Crippen molar-refractivity contribution in [3.63, 3.8) is 0 Å². The van der Waals surface area contributed by atoms with Gasteiger partial charge in [0.1, 0.15) is 5.75 Å². The van der Waals surface area contributed by atoms with E-state index < -0.39 is 0 Å². The van der Waals surface area contributed by atoms with Crippen LogP contribution >= 0.6 is 0 Å². The molecule has 0 aliphatic heterocycles. The van der Waals surface area contributed by atoms with Gasteiger partial charge in [-0.1, -0.05) is 18.2 Å². The third-order valence-electron chi connectivity index (χ3n) is 4.97. The summed E-state index contributed by atoms with van der Waals surface area (Å²) in [5, 5.41) is 6.80. The molecule has 0 saturated carbocycles. The number of nitrogens with zero attached hydrogens (tertiary/aromatic N) is 2. The van der Waals surface area contributed by atoms with Gasteiger partial charge in [0.2, 0.25) is 0 Å². The Morgan fingerprint density at radius 3 is 2.20 bits per heavy atom. The van der Waals surface area contributed by atoms with Gasteiger partial charge in [-0.3, -0.25) is 4.99 Å². The molecule has 1 atom stereocenters. The third-order valence-corrected chi connectivity index (χ3v) is 4.97. The second-order valence-corrected chi connectivity index (χ2v) is 7.07. The molecular weight excluding hydrogens is 380 g/mol. The first-order valence-electron chi connectivity index (χ1n) is 9.98. The number of guanidine groups is 1. The van der Waals surface area contributed by atoms with Gasteiger partial charge in [0.25, 0.3) is 0 Å². The number of aliphatic imine (C=N–C) groups is 1. The van der Waals surface area contributed by atoms with Gasteiger partial charge in [-0.2, -0.15) is 0 Å². The minimum atomic E-state index is 0.143. The minimum absolute atomic E-state index is 0.143. The van der Waals surface area contributed by atoms with Crippen LogP contribution in [-0.4, -0.2) is 66.4 Å². The fourth-order valence-corrected chi connectivity index (χ4v) is 3.19. The van der Waals surface area contributed by atoms with Gasteiger partial charge in [0, 0.05) is 20.1 Å². The van der Waals surface area contributed by atoms with Crippen LogP contribution in [0.3, 0.4) is 0 Å². The maximum absolute atomic E-state index is 5.46. The summed E-state index contributed by atoms with van der Waals surface area (Å²) in [6, 6.07) is 14.3. The smallest absolute Gasteiger partial charge is 0.191 e. The molecule has 0 radical (unpaired) electrons. The lowest BCUT2D eigenvalue weighted by Gasteiger charge is -2.26. The van der Waals surface area contributed by atoms with E-state index in [-0.39, 0.29) is 6.04 Å². The van der Waals surface area contributed by atoms with Crippen LogP contribution in [0.1, 0.15) is 17.2 Å². The Balaban J connectivity index is 1.93. The fourth-order valence-electron chi connectivity index (χ4n) is 3.19. The lowest BCUT2D eigenvalue weighted by molar-refractivity contribution is 0.295. The largest absolute Gasteiger partial charge is 0.497 e. The maximum atomic E-state index is 5.46. The zero-order valence-electron chi connectivity index (χ0n) is 18.9. The molecule has 164 valence electrons. The Labute approximate surface area is 180 Å². The van der Waals surface area contributed by atoms with E-state index in [0.717, 1.165) is 41.7 Å². The Bertz CT molecular complexity index is 807. The lowest BCUT2D eigenvalue weighted by Crippen LogP contribution is -2.42. The summed E-state index contributed by atoms with van der Waals surface area (Å²) >= 11 is 0. The van der Waals surface area contributed by atoms with Crippen LogP contribution < -0.4 is 24.8 Å². The molecule has 30 heavy (non-hydrogen) atoms. The molecule has 0 bridgehead atoms. The van der Waals surface area contributed by atoms with Gasteiger partial charge >= 0.3 is 0 Å². The van der Waals surface area contributed by atoms with Crippen LogP contribution in [0.5, 0.6) is 17.2 Å². The highest BCUT2D eigenvalue weighted by Crippen LogP contribution is 2.31. The molecule has 0 spiro atoms. The molecule has 1 unspecified atom stereocenters. The molecule has 2 rings (SSSR count). The van der Waals surface area contributed by atoms with Gasteiger partial charge in [-0.15, -0.1) is 0 Å². The van der Waals surface area contributed by atoms with E-state index in [4.69, 9.17) is 14.2 Å². The van der Waals surface area contributed by atoms with Gasteiger partial charge in [-0.25, -0.2) is 0 Å². The van der Waals surface area contributed by atoms with Crippen molar-refractivity contribution < 1.29 is 14.2 Å². The summed E-state index contributed by atoms with van der Waals surface area (Å²) in [6.45, 7) is 1.49. The Hall–Kier alpha value is -2.93. The molecule has 0 aliphatic rings. The van der Waals surface area contributed by atoms with Crippen LogP contribution in [0.25, 0.3) is 0 Å². The quantitative estimate of drug-likeness (QED) is 0.460. The summed E-state index contributed by atoms with van der Waals surface area (Å²) in [5.41, 5.74) is 2.38. The first-order chi connectivity index (χ1) is 14.5. The van der Waals surface area contributed by atoms with E-state index in [1.165, 1.54) is 5.56 Å². The predicted molar refractivity (Wildman–Crippen MR) is 122 cm³/mol. The van der Waals surface area contributed by atoms with Gasteiger partial charge in [-0.05, 0) is 55.9 Å². The predicted octanol–water partition coefficient (Wildman–Crippen LogP) is 2.72. The average molecular weight is 415 g/mol. The topological polar surface area (TPSA) is 67.4 Å². The van der Waals surface area contributed by atoms with Crippen molar-refractivity contribution in [2.75, 3.05) is 55.6 Å². The zero-order valence-corrected chi connectivity index (χ0v) is 18.9. The Morgan fingerprint density at radius 2 is 1.63 bits per heavy atom. The molecule has 0 fully saturated rings. The van der Waals surface area contributed by atoms with E-state index in [2.05, 4.69) is 52.8 Å². The SMILES string of the molecule is CN=C(NCCc1ccc(OC)cc1)NCC(c1ccc(OC)c(OC)c1)N(C)C. The van der Waals surface area contributed by atoms with Crippen molar-refractivity contribution in [1.29, 1.82) is 0 Å². The highest BCUT2D eigenvalue weighted by Gasteiger charge is 2.17. The standard InChI is InChI=1S/C23H34N4O3/c1-24-23(25-14-13-17-7-10-19(28-4)11-8-17)26-16-20(27(2)3)18-9-12-21(29-5)22(15-18)30-6/h7-12,15,20H,13-14,16H2,1-6H3,(H2,24,25,26). The molecule has 7 nitrogen and oxygen atoms in total. The van der Waals surface area contributed by atoms with E-state index in [1.807, 2.05) is 24.3 Å². The van der Waals surface area contributed by atoms with E-state index in [0.29, 0.717) is 6.54 Å². The molecule has 0 aromatic heterocycles. The fraction of sp³-hybridized carbons (Fsp3) is 0.435. The molecule has 0 amide bonds. The van der Waals surface area contributed by atoms with Gasteiger partial charge in [0.15, 0.2) is 17.5 Å². The van der Waals surface area contributed by atoms with Crippen molar-refractivity contribution in [1.82, 2.24) is 15.5 Å². The van der Waals surface area contributed by atoms with Crippen LogP contribution in [0, 0.1) is 0 Å². The van der Waals surface area contributed by atoms with Crippen molar-refractivity contribution in [2.24, 2.45) is 4.99 Å². The molecule has 2 aromatic carbocycles. The highest BCUT2D eigenvalue weighted by atomic mass is 16.5. The number of methoxy groups -OCH3 is 3. The van der Waals surface area contributed by atoms with Gasteiger partial charge in [0.05, 0.1) is 27.4 Å². The molecule has 0 heterocycles. The summed E-state index contributed by atoms with van der Waals surface area (Å²) in [6.07, 6.45) is 0.900. The van der Waals surface area contributed by atoms with Crippen LogP contribution in [0.2, 0.25) is 0 Å². The van der Waals surface area contributed by atoms with Crippen LogP contribution in [0.4, 0.5) is 0 Å². The number of hydrogen-bond acceptors (Lipinski definition) is 5. The maximum Gasteiger partial charge on any atom is 0.191 e. The Kier molecular flexibility index (Phi) is 9.28. The minimum Gasteiger partial charge on any atom is -0.497 e. The van der Waals surface area contributed by atoms with Crippen molar-refractivity contribution in [2.45, 2.75) is 12.5 Å². The van der Waals surface area contributed by atoms with Crippen molar-refractivity contribution in [3.05, 3.63) is 53.6 Å². The molecule has 2 aromatic rings. The molecule has 0 saturated heterocycles. The average Bonchev–Trinajstić information content (AvgIpc) is 2.77. The second-order valence-electron chi connectivity index (χ2n) is 7.07. The number of likely N-dealkylation sites (N-methyl/N-ethyl adjacent to an activating group) is 1.